The number of hydrogen-bond donors (Lipinski definition) is 2. The summed E-state index contributed by atoms with van der Waals surface area (Å²) < 4.78 is 1.15. The third-order valence-corrected chi connectivity index (χ3v) is 6.86. The van der Waals surface area contributed by atoms with E-state index in [1.807, 2.05) is 36.4 Å². The van der Waals surface area contributed by atoms with Crippen molar-refractivity contribution >= 4 is 56.2 Å². The van der Waals surface area contributed by atoms with Crippen LogP contribution in [-0.4, -0.2) is 29.9 Å². The van der Waals surface area contributed by atoms with Gasteiger partial charge in [-0.15, -0.1) is 22.7 Å². The van der Waals surface area contributed by atoms with Crippen LogP contribution in [0, 0.1) is 0 Å². The number of thiazole rings is 1. The first-order valence-electron chi connectivity index (χ1n) is 9.25. The van der Waals surface area contributed by atoms with Crippen LogP contribution in [0.15, 0.2) is 60.0 Å². The molecule has 1 atom stereocenters. The fourth-order valence-corrected chi connectivity index (χ4v) is 5.10. The summed E-state index contributed by atoms with van der Waals surface area (Å²) in [6.07, 6.45) is 0.416. The number of nitrogens with zero attached hydrogens (tertiary/aromatic N) is 1. The van der Waals surface area contributed by atoms with Crippen LogP contribution in [0.3, 0.4) is 0 Å². The molecule has 0 fully saturated rings. The third-order valence-electron chi connectivity index (χ3n) is 4.58. The second-order valence-electron chi connectivity index (χ2n) is 6.64. The van der Waals surface area contributed by atoms with E-state index in [0.29, 0.717) is 11.4 Å². The number of carbonyl (C=O) groups excluding carboxylic acids is 2. The molecule has 0 radical (unpaired) electrons. The van der Waals surface area contributed by atoms with Gasteiger partial charge in [0.25, 0.3) is 5.91 Å². The topological polar surface area (TPSA) is 71.1 Å². The van der Waals surface area contributed by atoms with Crippen LogP contribution in [0.2, 0.25) is 5.02 Å². The number of likely N-dealkylation sites (N-methyl/N-ethyl adjacent to an activating group) is 1. The number of fused-ring (bicyclic) bond motifs is 1. The highest BCUT2D eigenvalue weighted by molar-refractivity contribution is 7.19. The molecule has 152 valence electrons. The minimum atomic E-state index is -0.684. The first-order valence-corrected chi connectivity index (χ1v) is 11.3. The van der Waals surface area contributed by atoms with E-state index >= 15 is 0 Å². The molecule has 2 N–H and O–H groups in total. The average Bonchev–Trinajstić information content (AvgIpc) is 3.40. The Hall–Kier alpha value is -2.74. The van der Waals surface area contributed by atoms with E-state index in [1.54, 1.807) is 35.9 Å². The number of thiophene rings is 1. The van der Waals surface area contributed by atoms with E-state index in [0.717, 1.165) is 25.5 Å². The van der Waals surface area contributed by atoms with Gasteiger partial charge in [-0.25, -0.2) is 4.98 Å². The van der Waals surface area contributed by atoms with Crippen LogP contribution >= 0.6 is 34.3 Å². The molecule has 0 aliphatic heterocycles. The Bertz CT molecular complexity index is 1170. The lowest BCUT2D eigenvalue weighted by Gasteiger charge is -2.15. The van der Waals surface area contributed by atoms with Crippen molar-refractivity contribution in [3.8, 4) is 10.6 Å². The lowest BCUT2D eigenvalue weighted by molar-refractivity contribution is -0.122. The minimum absolute atomic E-state index is 0.242. The summed E-state index contributed by atoms with van der Waals surface area (Å²) in [5.74, 6) is -0.616. The fourth-order valence-electron chi connectivity index (χ4n) is 3.06. The molecule has 2 aromatic carbocycles. The summed E-state index contributed by atoms with van der Waals surface area (Å²) in [5.41, 5.74) is 1.17. The standard InChI is InChI=1S/C22H18ClN3O2S2/c1-24-20(27)17(11-16-10-14-4-2-3-5-19(14)30-16)25-21(28)18-12-29-22(26-18)13-6-8-15(23)9-7-13/h2-10,12,17H,11H2,1H3,(H,24,27)(H,25,28). The predicted molar refractivity (Wildman–Crippen MR) is 123 cm³/mol. The highest BCUT2D eigenvalue weighted by atomic mass is 35.5. The van der Waals surface area contributed by atoms with Gasteiger partial charge in [-0.3, -0.25) is 9.59 Å². The Morgan fingerprint density at radius 3 is 2.63 bits per heavy atom. The zero-order valence-electron chi connectivity index (χ0n) is 16.0. The van der Waals surface area contributed by atoms with Gasteiger partial charge in [0.05, 0.1) is 0 Å². The highest BCUT2D eigenvalue weighted by Gasteiger charge is 2.23. The van der Waals surface area contributed by atoms with Crippen LogP contribution < -0.4 is 10.6 Å². The molecule has 0 saturated carbocycles. The number of rotatable bonds is 6. The first kappa shape index (κ1) is 20.5. The van der Waals surface area contributed by atoms with Gasteiger partial charge >= 0.3 is 0 Å². The molecule has 0 saturated heterocycles. The van der Waals surface area contributed by atoms with Gasteiger partial charge in [-0.05, 0) is 29.7 Å². The molecule has 4 aromatic rings. The molecule has 0 aliphatic carbocycles. The number of benzene rings is 2. The van der Waals surface area contributed by atoms with E-state index in [9.17, 15) is 9.59 Å². The van der Waals surface area contributed by atoms with Crippen LogP contribution in [0.4, 0.5) is 0 Å². The van der Waals surface area contributed by atoms with E-state index in [4.69, 9.17) is 11.6 Å². The average molecular weight is 456 g/mol. The van der Waals surface area contributed by atoms with Crippen molar-refractivity contribution in [3.05, 3.63) is 75.6 Å². The molecule has 0 aliphatic rings. The number of amides is 2. The van der Waals surface area contributed by atoms with Crippen molar-refractivity contribution in [2.24, 2.45) is 0 Å². The number of nitrogens with one attached hydrogen (secondary N) is 2. The van der Waals surface area contributed by atoms with Crippen molar-refractivity contribution < 1.29 is 9.59 Å². The predicted octanol–water partition coefficient (Wildman–Crippen LogP) is 4.77. The molecule has 5 nitrogen and oxygen atoms in total. The molecule has 8 heteroatoms. The van der Waals surface area contributed by atoms with Crippen LogP contribution in [0.5, 0.6) is 0 Å². The Kier molecular flexibility index (Phi) is 6.13. The maximum absolute atomic E-state index is 12.8. The maximum Gasteiger partial charge on any atom is 0.271 e. The third kappa shape index (κ3) is 4.53. The lowest BCUT2D eigenvalue weighted by Crippen LogP contribution is -2.47. The van der Waals surface area contributed by atoms with E-state index in [-0.39, 0.29) is 17.5 Å². The summed E-state index contributed by atoms with van der Waals surface area (Å²) in [6, 6.07) is 16.7. The highest BCUT2D eigenvalue weighted by Crippen LogP contribution is 2.27. The van der Waals surface area contributed by atoms with Gasteiger partial charge in [-0.1, -0.05) is 41.9 Å². The van der Waals surface area contributed by atoms with Crippen LogP contribution in [0.1, 0.15) is 15.4 Å². The maximum atomic E-state index is 12.8. The summed E-state index contributed by atoms with van der Waals surface area (Å²) in [4.78, 5) is 30.6. The molecule has 0 bridgehead atoms. The summed E-state index contributed by atoms with van der Waals surface area (Å²) >= 11 is 8.92. The van der Waals surface area contributed by atoms with Gasteiger partial charge in [0.2, 0.25) is 5.91 Å². The second-order valence-corrected chi connectivity index (χ2v) is 9.10. The molecule has 30 heavy (non-hydrogen) atoms. The smallest absolute Gasteiger partial charge is 0.271 e. The van der Waals surface area contributed by atoms with E-state index < -0.39 is 6.04 Å². The summed E-state index contributed by atoms with van der Waals surface area (Å²) in [6.45, 7) is 0. The Morgan fingerprint density at radius 2 is 1.90 bits per heavy atom. The van der Waals surface area contributed by atoms with E-state index in [2.05, 4.69) is 21.7 Å². The molecule has 2 amide bonds. The van der Waals surface area contributed by atoms with Gasteiger partial charge in [0, 0.05) is 39.0 Å². The second kappa shape index (κ2) is 8.95. The molecule has 2 heterocycles. The van der Waals surface area contributed by atoms with Gasteiger partial charge < -0.3 is 10.6 Å². The lowest BCUT2D eigenvalue weighted by atomic mass is 10.1. The van der Waals surface area contributed by atoms with Crippen LogP contribution in [0.25, 0.3) is 20.7 Å². The van der Waals surface area contributed by atoms with Crippen molar-refractivity contribution in [2.45, 2.75) is 12.5 Å². The zero-order valence-corrected chi connectivity index (χ0v) is 18.4. The molecular formula is C22H18ClN3O2S2. The number of carbonyl (C=O) groups is 2. The molecule has 1 unspecified atom stereocenters. The van der Waals surface area contributed by atoms with Gasteiger partial charge in [0.1, 0.15) is 16.7 Å². The Morgan fingerprint density at radius 1 is 1.13 bits per heavy atom. The van der Waals surface area contributed by atoms with Gasteiger partial charge in [-0.2, -0.15) is 0 Å². The molecule has 0 spiro atoms. The monoisotopic (exact) mass is 455 g/mol. The van der Waals surface area contributed by atoms with Crippen molar-refractivity contribution in [1.29, 1.82) is 0 Å². The number of hydrogen-bond acceptors (Lipinski definition) is 5. The van der Waals surface area contributed by atoms with Crippen molar-refractivity contribution in [3.63, 3.8) is 0 Å². The minimum Gasteiger partial charge on any atom is -0.357 e. The van der Waals surface area contributed by atoms with Crippen LogP contribution in [-0.2, 0) is 11.2 Å². The normalized spacial score (nSPS) is 11.9. The number of aromatic nitrogens is 1. The Labute approximate surface area is 186 Å². The van der Waals surface area contributed by atoms with Crippen molar-refractivity contribution in [2.75, 3.05) is 7.05 Å². The van der Waals surface area contributed by atoms with E-state index in [1.165, 1.54) is 11.3 Å². The van der Waals surface area contributed by atoms with Gasteiger partial charge in [0.15, 0.2) is 0 Å². The Balaban J connectivity index is 1.51. The zero-order chi connectivity index (χ0) is 21.1. The first-order chi connectivity index (χ1) is 14.5. The fraction of sp³-hybridized carbons (Fsp3) is 0.136. The molecule has 4 rings (SSSR count). The van der Waals surface area contributed by atoms with Crippen molar-refractivity contribution in [1.82, 2.24) is 15.6 Å². The molecular weight excluding hydrogens is 438 g/mol. The number of halogens is 1. The largest absolute Gasteiger partial charge is 0.357 e. The molecule has 2 aromatic heterocycles. The quantitative estimate of drug-likeness (QED) is 0.440. The summed E-state index contributed by atoms with van der Waals surface area (Å²) in [7, 11) is 1.56. The summed E-state index contributed by atoms with van der Waals surface area (Å²) in [5, 5.41) is 9.65. The SMILES string of the molecule is CNC(=O)C(Cc1cc2ccccc2s1)NC(=O)c1csc(-c2ccc(Cl)cc2)n1.